The highest BCUT2D eigenvalue weighted by atomic mass is 16.2. The molecule has 0 bridgehead atoms. The molecule has 9 nitrogen and oxygen atoms in total. The molecular weight excluding hydrogens is 324 g/mol. The van der Waals surface area contributed by atoms with E-state index in [2.05, 4.69) is 10.1 Å². The molecule has 0 radical (unpaired) electrons. The lowest BCUT2D eigenvalue weighted by molar-refractivity contribution is -0.143. The SMILES string of the molecule is CN(C(=O)[C@H]1CCC(=O)N1C)C1CCCN(C(=O)Cn2cncn2)C1. The molecule has 0 spiro atoms. The number of hydrogen-bond acceptors (Lipinski definition) is 5. The Morgan fingerprint density at radius 1 is 1.36 bits per heavy atom. The molecule has 25 heavy (non-hydrogen) atoms. The van der Waals surface area contributed by atoms with Crippen molar-refractivity contribution in [3.8, 4) is 0 Å². The normalized spacial score (nSPS) is 23.8. The molecule has 3 heterocycles. The first-order valence-corrected chi connectivity index (χ1v) is 8.60. The van der Waals surface area contributed by atoms with Crippen molar-refractivity contribution in [2.24, 2.45) is 0 Å². The van der Waals surface area contributed by atoms with Gasteiger partial charge in [0, 0.05) is 39.6 Å². The third-order valence-electron chi connectivity index (χ3n) is 5.19. The van der Waals surface area contributed by atoms with Gasteiger partial charge in [-0.1, -0.05) is 0 Å². The molecule has 2 fully saturated rings. The first-order chi connectivity index (χ1) is 12.0. The van der Waals surface area contributed by atoms with E-state index in [0.29, 0.717) is 25.9 Å². The van der Waals surface area contributed by atoms with Crippen LogP contribution in [0.1, 0.15) is 25.7 Å². The second-order valence-corrected chi connectivity index (χ2v) is 6.74. The number of carbonyl (C=O) groups is 3. The Balaban J connectivity index is 1.59. The van der Waals surface area contributed by atoms with Gasteiger partial charge in [-0.25, -0.2) is 9.67 Å². The quantitative estimate of drug-likeness (QED) is 0.721. The fraction of sp³-hybridized carbons (Fsp3) is 0.688. The van der Waals surface area contributed by atoms with E-state index in [0.717, 1.165) is 12.8 Å². The van der Waals surface area contributed by atoms with Crippen molar-refractivity contribution < 1.29 is 14.4 Å². The van der Waals surface area contributed by atoms with Crippen molar-refractivity contribution in [3.63, 3.8) is 0 Å². The van der Waals surface area contributed by atoms with Crippen LogP contribution in [0, 0.1) is 0 Å². The average molecular weight is 348 g/mol. The molecule has 1 unspecified atom stereocenters. The van der Waals surface area contributed by atoms with Crippen LogP contribution < -0.4 is 0 Å². The van der Waals surface area contributed by atoms with Crippen molar-refractivity contribution >= 4 is 17.7 Å². The number of rotatable bonds is 4. The molecule has 0 saturated carbocycles. The summed E-state index contributed by atoms with van der Waals surface area (Å²) in [5.41, 5.74) is 0. The molecule has 1 aromatic heterocycles. The zero-order valence-electron chi connectivity index (χ0n) is 14.7. The molecule has 2 atom stereocenters. The van der Waals surface area contributed by atoms with E-state index >= 15 is 0 Å². The van der Waals surface area contributed by atoms with E-state index in [1.807, 2.05) is 0 Å². The maximum Gasteiger partial charge on any atom is 0.245 e. The molecule has 9 heteroatoms. The van der Waals surface area contributed by atoms with Crippen LogP contribution in [0.2, 0.25) is 0 Å². The van der Waals surface area contributed by atoms with Gasteiger partial charge in [0.15, 0.2) is 0 Å². The Hall–Kier alpha value is -2.45. The molecule has 0 N–H and O–H groups in total. The minimum Gasteiger partial charge on any atom is -0.339 e. The van der Waals surface area contributed by atoms with Crippen LogP contribution in [-0.2, 0) is 20.9 Å². The monoisotopic (exact) mass is 348 g/mol. The van der Waals surface area contributed by atoms with Crippen LogP contribution in [0.3, 0.4) is 0 Å². The Morgan fingerprint density at radius 3 is 2.80 bits per heavy atom. The summed E-state index contributed by atoms with van der Waals surface area (Å²) in [6, 6.07) is -0.399. The average Bonchev–Trinajstić information content (AvgIpc) is 3.24. The van der Waals surface area contributed by atoms with Crippen molar-refractivity contribution in [1.29, 1.82) is 0 Å². The number of hydrogen-bond donors (Lipinski definition) is 0. The first kappa shape index (κ1) is 17.4. The minimum absolute atomic E-state index is 0.0139. The third-order valence-corrected chi connectivity index (χ3v) is 5.19. The van der Waals surface area contributed by atoms with Crippen LogP contribution in [0.4, 0.5) is 0 Å². The summed E-state index contributed by atoms with van der Waals surface area (Å²) in [7, 11) is 3.45. The Bertz CT molecular complexity index is 646. The van der Waals surface area contributed by atoms with Crippen LogP contribution in [-0.4, -0.2) is 86.5 Å². The summed E-state index contributed by atoms with van der Waals surface area (Å²) in [4.78, 5) is 45.7. The van der Waals surface area contributed by atoms with Gasteiger partial charge in [-0.05, 0) is 19.3 Å². The first-order valence-electron chi connectivity index (χ1n) is 8.60. The van der Waals surface area contributed by atoms with Gasteiger partial charge in [-0.2, -0.15) is 5.10 Å². The molecule has 2 aliphatic heterocycles. The smallest absolute Gasteiger partial charge is 0.245 e. The molecule has 2 saturated heterocycles. The van der Waals surface area contributed by atoms with Gasteiger partial charge in [0.1, 0.15) is 25.2 Å². The van der Waals surface area contributed by atoms with Gasteiger partial charge >= 0.3 is 0 Å². The van der Waals surface area contributed by atoms with Crippen LogP contribution in [0.15, 0.2) is 12.7 Å². The summed E-state index contributed by atoms with van der Waals surface area (Å²) in [6.07, 6.45) is 5.62. The highest BCUT2D eigenvalue weighted by Gasteiger charge is 2.37. The molecule has 0 aromatic carbocycles. The lowest BCUT2D eigenvalue weighted by Gasteiger charge is -2.39. The molecular formula is C16H24N6O3. The van der Waals surface area contributed by atoms with Gasteiger partial charge in [-0.15, -0.1) is 0 Å². The fourth-order valence-electron chi connectivity index (χ4n) is 3.56. The van der Waals surface area contributed by atoms with E-state index in [1.54, 1.807) is 23.9 Å². The summed E-state index contributed by atoms with van der Waals surface area (Å²) >= 11 is 0. The van der Waals surface area contributed by atoms with Crippen molar-refractivity contribution in [2.45, 2.75) is 44.3 Å². The summed E-state index contributed by atoms with van der Waals surface area (Å²) in [5.74, 6) is -0.0480. The lowest BCUT2D eigenvalue weighted by atomic mass is 10.0. The summed E-state index contributed by atoms with van der Waals surface area (Å²) in [6.45, 7) is 1.36. The number of aromatic nitrogens is 3. The van der Waals surface area contributed by atoms with E-state index in [1.165, 1.54) is 22.2 Å². The van der Waals surface area contributed by atoms with Crippen molar-refractivity contribution in [1.82, 2.24) is 29.5 Å². The number of likely N-dealkylation sites (N-methyl/N-ethyl adjacent to an activating group) is 2. The third kappa shape index (κ3) is 3.64. The standard InChI is InChI=1S/C16H24N6O3/c1-19(16(25)13-5-6-14(23)20(13)2)12-4-3-7-21(8-12)15(24)9-22-11-17-10-18-22/h10-13H,3-9H2,1-2H3/t12?,13-/m1/s1. The second kappa shape index (κ2) is 7.20. The Labute approximate surface area is 146 Å². The van der Waals surface area contributed by atoms with E-state index in [4.69, 9.17) is 0 Å². The van der Waals surface area contributed by atoms with Gasteiger partial charge in [0.2, 0.25) is 17.7 Å². The van der Waals surface area contributed by atoms with Gasteiger partial charge < -0.3 is 14.7 Å². The largest absolute Gasteiger partial charge is 0.339 e. The predicted molar refractivity (Wildman–Crippen MR) is 88.2 cm³/mol. The Kier molecular flexibility index (Phi) is 5.00. The van der Waals surface area contributed by atoms with E-state index in [9.17, 15) is 14.4 Å². The summed E-state index contributed by atoms with van der Waals surface area (Å²) in [5, 5.41) is 3.96. The van der Waals surface area contributed by atoms with Crippen LogP contribution >= 0.6 is 0 Å². The number of piperidine rings is 1. The Morgan fingerprint density at radius 2 is 2.16 bits per heavy atom. The van der Waals surface area contributed by atoms with Crippen LogP contribution in [0.5, 0.6) is 0 Å². The number of likely N-dealkylation sites (tertiary alicyclic amines) is 2. The van der Waals surface area contributed by atoms with E-state index < -0.39 is 0 Å². The molecule has 3 amide bonds. The number of carbonyl (C=O) groups excluding carboxylic acids is 3. The van der Waals surface area contributed by atoms with Gasteiger partial charge in [-0.3, -0.25) is 14.4 Å². The lowest BCUT2D eigenvalue weighted by Crippen LogP contribution is -2.54. The topological polar surface area (TPSA) is 91.6 Å². The minimum atomic E-state index is -0.376. The van der Waals surface area contributed by atoms with Gasteiger partial charge in [0.05, 0.1) is 0 Å². The highest BCUT2D eigenvalue weighted by molar-refractivity contribution is 5.90. The van der Waals surface area contributed by atoms with Gasteiger partial charge in [0.25, 0.3) is 0 Å². The van der Waals surface area contributed by atoms with E-state index in [-0.39, 0.29) is 36.3 Å². The fourth-order valence-corrected chi connectivity index (χ4v) is 3.56. The molecule has 3 rings (SSSR count). The molecule has 136 valence electrons. The number of nitrogens with zero attached hydrogens (tertiary/aromatic N) is 6. The molecule has 2 aliphatic rings. The van der Waals surface area contributed by atoms with Crippen molar-refractivity contribution in [3.05, 3.63) is 12.7 Å². The van der Waals surface area contributed by atoms with Crippen molar-refractivity contribution in [2.75, 3.05) is 27.2 Å². The van der Waals surface area contributed by atoms with Crippen LogP contribution in [0.25, 0.3) is 0 Å². The maximum absolute atomic E-state index is 12.7. The molecule has 1 aromatic rings. The predicted octanol–water partition coefficient (Wildman–Crippen LogP) is -0.652. The maximum atomic E-state index is 12.7. The second-order valence-electron chi connectivity index (χ2n) is 6.74. The number of amides is 3. The zero-order chi connectivity index (χ0) is 18.0. The zero-order valence-corrected chi connectivity index (χ0v) is 14.7. The highest BCUT2D eigenvalue weighted by Crippen LogP contribution is 2.22. The summed E-state index contributed by atoms with van der Waals surface area (Å²) < 4.78 is 1.50. The molecule has 0 aliphatic carbocycles.